The predicted molar refractivity (Wildman–Crippen MR) is 208 cm³/mol. The molecule has 2 aromatic heterocycles. The summed E-state index contributed by atoms with van der Waals surface area (Å²) in [4.78, 5) is 36.7. The standard InChI is InChI=1S/C41H39FN5O9P/c1-25(2)37(48)45-40-44-36-34(38(49)46-40)43-24-47(36)39-35(56-57(50)55-31-13-9-6-10-14-31)33(42)32(54-39)23-53-41(26-11-7-5-8-12-26,27-15-19-29(51-3)20-16-27)28-17-21-30(52-4)22-18-28/h5-22,24-25,32-33,35,39H,23H2,1-4H3,(H-,44,45,46,48,49)/p+1/t32-,33-,35-,39-/m1/s1. The van der Waals surface area contributed by atoms with Crippen molar-refractivity contribution < 1.29 is 41.7 Å². The number of fused-ring (bicyclic) bond motifs is 1. The highest BCUT2D eigenvalue weighted by molar-refractivity contribution is 7.33. The molecule has 16 heteroatoms. The van der Waals surface area contributed by atoms with Crippen LogP contribution >= 0.6 is 8.25 Å². The van der Waals surface area contributed by atoms with Crippen molar-refractivity contribution in [3.05, 3.63) is 143 Å². The number of hydrogen-bond donors (Lipinski definition) is 2. The quantitative estimate of drug-likeness (QED) is 0.0805. The second kappa shape index (κ2) is 17.0. The Kier molecular flexibility index (Phi) is 11.7. The summed E-state index contributed by atoms with van der Waals surface area (Å²) in [6.45, 7) is 3.02. The number of alkyl halides is 1. The van der Waals surface area contributed by atoms with Crippen LogP contribution in [0, 0.1) is 5.92 Å². The largest absolute Gasteiger partial charge is 0.750 e. The van der Waals surface area contributed by atoms with Crippen molar-refractivity contribution >= 4 is 31.3 Å². The number of nitrogens with zero attached hydrogens (tertiary/aromatic N) is 3. The molecule has 1 unspecified atom stereocenters. The van der Waals surface area contributed by atoms with Crippen LogP contribution in [-0.2, 0) is 29.0 Å². The first-order valence-corrected chi connectivity index (χ1v) is 19.1. The highest BCUT2D eigenvalue weighted by atomic mass is 31.1. The number of H-pyrrole nitrogens is 1. The molecule has 0 spiro atoms. The van der Waals surface area contributed by atoms with Gasteiger partial charge < -0.3 is 18.9 Å². The summed E-state index contributed by atoms with van der Waals surface area (Å²) >= 11 is 0. The Labute approximate surface area is 327 Å². The number of aromatic nitrogens is 4. The summed E-state index contributed by atoms with van der Waals surface area (Å²) in [6.07, 6.45) is -5.02. The molecule has 0 saturated carbocycles. The number of ether oxygens (including phenoxy) is 4. The molecule has 1 amide bonds. The van der Waals surface area contributed by atoms with Crippen LogP contribution in [0.25, 0.3) is 11.2 Å². The van der Waals surface area contributed by atoms with Crippen molar-refractivity contribution in [3.63, 3.8) is 0 Å². The fraction of sp³-hybridized carbons (Fsp3) is 0.268. The number of nitrogens with one attached hydrogen (secondary N) is 2. The highest BCUT2D eigenvalue weighted by Gasteiger charge is 2.54. The molecule has 4 aromatic carbocycles. The maximum Gasteiger partial charge on any atom is 0.750 e. The van der Waals surface area contributed by atoms with E-state index >= 15 is 4.39 Å². The summed E-state index contributed by atoms with van der Waals surface area (Å²) < 4.78 is 67.3. The number of benzene rings is 4. The van der Waals surface area contributed by atoms with Gasteiger partial charge in [-0.15, -0.1) is 4.52 Å². The van der Waals surface area contributed by atoms with Crippen LogP contribution < -0.4 is 24.9 Å². The van der Waals surface area contributed by atoms with Crippen molar-refractivity contribution in [2.24, 2.45) is 5.92 Å². The number of halogens is 1. The molecule has 7 rings (SSSR count). The fourth-order valence-electron chi connectivity index (χ4n) is 6.57. The Morgan fingerprint density at radius 3 is 2.05 bits per heavy atom. The molecule has 3 heterocycles. The second-order valence-electron chi connectivity index (χ2n) is 13.4. The maximum atomic E-state index is 17.1. The Morgan fingerprint density at radius 1 is 0.895 bits per heavy atom. The highest BCUT2D eigenvalue weighted by Crippen LogP contribution is 2.45. The van der Waals surface area contributed by atoms with Crippen molar-refractivity contribution in [2.45, 2.75) is 44.1 Å². The Hall–Kier alpha value is -5.99. The van der Waals surface area contributed by atoms with Crippen LogP contribution in [0.3, 0.4) is 0 Å². The molecule has 0 radical (unpaired) electrons. The molecule has 1 aliphatic rings. The zero-order chi connectivity index (χ0) is 40.1. The van der Waals surface area contributed by atoms with Gasteiger partial charge in [0.25, 0.3) is 5.56 Å². The van der Waals surface area contributed by atoms with Gasteiger partial charge in [0.15, 0.2) is 35.4 Å². The number of imidazole rings is 1. The Bertz CT molecular complexity index is 2330. The van der Waals surface area contributed by atoms with Gasteiger partial charge >= 0.3 is 8.25 Å². The van der Waals surface area contributed by atoms with Gasteiger partial charge in [0.05, 0.1) is 27.2 Å². The SMILES string of the molecule is COc1ccc(C(OC[C@H]2O[C@@H](n3cnc4c(=O)[nH]c(NC(=O)C(C)C)nc43)[C@H](O[P+](=O)Oc3ccccc3)[C@@H]2F)(c2ccccc2)c2ccc(OC)cc2)cc1. The number of methoxy groups -OCH3 is 2. The number of rotatable bonds is 15. The molecule has 294 valence electrons. The molecule has 2 N–H and O–H groups in total. The number of amides is 1. The molecule has 14 nitrogen and oxygen atoms in total. The first-order chi connectivity index (χ1) is 27.6. The average Bonchev–Trinajstić information content (AvgIpc) is 3.79. The van der Waals surface area contributed by atoms with E-state index in [-0.39, 0.29) is 29.5 Å². The maximum absolute atomic E-state index is 17.1. The van der Waals surface area contributed by atoms with Gasteiger partial charge in [-0.2, -0.15) is 4.98 Å². The van der Waals surface area contributed by atoms with E-state index in [2.05, 4.69) is 20.3 Å². The third-order valence-corrected chi connectivity index (χ3v) is 10.3. The smallest absolute Gasteiger partial charge is 0.497 e. The summed E-state index contributed by atoms with van der Waals surface area (Å²) in [6, 6.07) is 32.5. The zero-order valence-corrected chi connectivity index (χ0v) is 32.3. The molecular weight excluding hydrogens is 756 g/mol. The van der Waals surface area contributed by atoms with Gasteiger partial charge in [-0.3, -0.25) is 24.5 Å². The molecule has 1 fully saturated rings. The number of carbonyl (C=O) groups is 1. The zero-order valence-electron chi connectivity index (χ0n) is 31.4. The molecule has 6 aromatic rings. The van der Waals surface area contributed by atoms with E-state index in [1.807, 2.05) is 78.9 Å². The van der Waals surface area contributed by atoms with E-state index < -0.39 is 55.8 Å². The van der Waals surface area contributed by atoms with Gasteiger partial charge in [-0.1, -0.05) is 86.6 Å². The second-order valence-corrected chi connectivity index (χ2v) is 14.2. The van der Waals surface area contributed by atoms with E-state index in [1.54, 1.807) is 58.4 Å². The van der Waals surface area contributed by atoms with Crippen molar-refractivity contribution in [2.75, 3.05) is 26.1 Å². The Morgan fingerprint density at radius 2 is 1.47 bits per heavy atom. The first-order valence-electron chi connectivity index (χ1n) is 18.0. The Balaban J connectivity index is 1.28. The third-order valence-electron chi connectivity index (χ3n) is 9.51. The lowest BCUT2D eigenvalue weighted by molar-refractivity contribution is -0.118. The number of carbonyl (C=O) groups excluding carboxylic acids is 1. The van der Waals surface area contributed by atoms with Crippen molar-refractivity contribution in [1.29, 1.82) is 0 Å². The molecule has 1 saturated heterocycles. The fourth-order valence-corrected chi connectivity index (χ4v) is 7.32. The van der Waals surface area contributed by atoms with E-state index in [0.29, 0.717) is 22.6 Å². The minimum atomic E-state index is -2.95. The predicted octanol–water partition coefficient (Wildman–Crippen LogP) is 7.10. The van der Waals surface area contributed by atoms with Crippen LogP contribution in [0.2, 0.25) is 0 Å². The summed E-state index contributed by atoms with van der Waals surface area (Å²) in [7, 11) is 0.191. The van der Waals surface area contributed by atoms with Crippen LogP contribution in [0.5, 0.6) is 17.2 Å². The first kappa shape index (κ1) is 39.3. The third kappa shape index (κ3) is 8.14. The molecule has 1 aliphatic heterocycles. The minimum Gasteiger partial charge on any atom is -0.497 e. The molecule has 57 heavy (non-hydrogen) atoms. The summed E-state index contributed by atoms with van der Waals surface area (Å²) in [5, 5.41) is 2.57. The van der Waals surface area contributed by atoms with Crippen molar-refractivity contribution in [1.82, 2.24) is 19.5 Å². The van der Waals surface area contributed by atoms with Crippen LogP contribution in [0.1, 0.15) is 36.8 Å². The number of hydrogen-bond acceptors (Lipinski definition) is 11. The van der Waals surface area contributed by atoms with Gasteiger partial charge in [0.1, 0.15) is 23.2 Å². The van der Waals surface area contributed by atoms with Gasteiger partial charge in [-0.25, -0.2) is 13.9 Å². The van der Waals surface area contributed by atoms with Crippen LogP contribution in [0.4, 0.5) is 10.3 Å². The number of aromatic amines is 1. The van der Waals surface area contributed by atoms with Gasteiger partial charge in [0, 0.05) is 10.5 Å². The average molecular weight is 797 g/mol. The molecule has 0 bridgehead atoms. The van der Waals surface area contributed by atoms with Crippen LogP contribution in [0.15, 0.2) is 120 Å². The van der Waals surface area contributed by atoms with E-state index in [4.69, 9.17) is 28.0 Å². The molecule has 0 aliphatic carbocycles. The summed E-state index contributed by atoms with van der Waals surface area (Å²) in [5.41, 5.74) is 0.0152. The van der Waals surface area contributed by atoms with E-state index in [0.717, 1.165) is 5.56 Å². The summed E-state index contributed by atoms with van der Waals surface area (Å²) in [5.74, 6) is 0.529. The molecule has 5 atom stereocenters. The lowest BCUT2D eigenvalue weighted by atomic mass is 9.80. The lowest BCUT2D eigenvalue weighted by Gasteiger charge is -2.37. The topological polar surface area (TPSA) is 165 Å². The van der Waals surface area contributed by atoms with Gasteiger partial charge in [-0.05, 0) is 53.1 Å². The minimum absolute atomic E-state index is 0.0422. The van der Waals surface area contributed by atoms with E-state index in [1.165, 1.54) is 10.9 Å². The number of anilines is 1. The lowest BCUT2D eigenvalue weighted by Crippen LogP contribution is -2.38. The molecular formula is C41H40FN5O9P+. The monoisotopic (exact) mass is 796 g/mol. The normalized spacial score (nSPS) is 18.4. The van der Waals surface area contributed by atoms with Gasteiger partial charge in [0.2, 0.25) is 11.9 Å². The van der Waals surface area contributed by atoms with Crippen molar-refractivity contribution in [3.8, 4) is 17.2 Å². The number of para-hydroxylation sites is 1. The van der Waals surface area contributed by atoms with E-state index in [9.17, 15) is 14.2 Å². The van der Waals surface area contributed by atoms with Crippen LogP contribution in [-0.4, -0.2) is 64.6 Å².